The van der Waals surface area contributed by atoms with Crippen LogP contribution in [0.3, 0.4) is 0 Å². The summed E-state index contributed by atoms with van der Waals surface area (Å²) in [5, 5.41) is 4.58. The van der Waals surface area contributed by atoms with E-state index >= 15 is 0 Å². The standard InChI is InChI=1S/C23H30N4O3/c1-14-19(15(2)26(4)25-14)12-27(18-8-9-18)13-20-16(3)30-23(24-20)17-7-10-21(28-5)22(11-17)29-6/h7,10-11,18H,8-9,12-13H2,1-6H3. The van der Waals surface area contributed by atoms with Crippen LogP contribution in [0.4, 0.5) is 0 Å². The van der Waals surface area contributed by atoms with Gasteiger partial charge in [-0.25, -0.2) is 4.98 Å². The van der Waals surface area contributed by atoms with Crippen LogP contribution in [0.2, 0.25) is 0 Å². The molecule has 0 aliphatic heterocycles. The first kappa shape index (κ1) is 20.5. The summed E-state index contributed by atoms with van der Waals surface area (Å²) >= 11 is 0. The largest absolute Gasteiger partial charge is 0.493 e. The van der Waals surface area contributed by atoms with Gasteiger partial charge in [0.05, 0.1) is 25.6 Å². The zero-order valence-corrected chi connectivity index (χ0v) is 18.7. The summed E-state index contributed by atoms with van der Waals surface area (Å²) in [6.07, 6.45) is 2.47. The van der Waals surface area contributed by atoms with Crippen molar-refractivity contribution in [2.75, 3.05) is 14.2 Å². The predicted octanol–water partition coefficient (Wildman–Crippen LogP) is 4.18. The smallest absolute Gasteiger partial charge is 0.226 e. The van der Waals surface area contributed by atoms with Crippen LogP contribution in [0.15, 0.2) is 22.6 Å². The van der Waals surface area contributed by atoms with Crippen LogP contribution in [-0.4, -0.2) is 39.9 Å². The molecule has 7 nitrogen and oxygen atoms in total. The van der Waals surface area contributed by atoms with Gasteiger partial charge in [-0.3, -0.25) is 9.58 Å². The Bertz CT molecular complexity index is 1050. The highest BCUT2D eigenvalue weighted by Crippen LogP contribution is 2.34. The molecule has 2 aromatic heterocycles. The highest BCUT2D eigenvalue weighted by Gasteiger charge is 2.31. The fourth-order valence-corrected chi connectivity index (χ4v) is 3.86. The minimum absolute atomic E-state index is 0.602. The van der Waals surface area contributed by atoms with E-state index in [9.17, 15) is 0 Å². The molecule has 160 valence electrons. The second-order valence-corrected chi connectivity index (χ2v) is 8.00. The van der Waals surface area contributed by atoms with Gasteiger partial charge in [0.2, 0.25) is 5.89 Å². The van der Waals surface area contributed by atoms with Crippen molar-refractivity contribution >= 4 is 0 Å². The van der Waals surface area contributed by atoms with Crippen molar-refractivity contribution in [3.8, 4) is 23.0 Å². The molecule has 0 bridgehead atoms. The number of rotatable bonds is 8. The normalized spacial score (nSPS) is 13.8. The molecule has 30 heavy (non-hydrogen) atoms. The van der Waals surface area contributed by atoms with Crippen molar-refractivity contribution in [3.63, 3.8) is 0 Å². The Balaban J connectivity index is 1.58. The Morgan fingerprint density at radius 2 is 1.83 bits per heavy atom. The summed E-state index contributed by atoms with van der Waals surface area (Å²) in [5.74, 6) is 2.81. The molecular formula is C23H30N4O3. The van der Waals surface area contributed by atoms with Gasteiger partial charge in [-0.15, -0.1) is 0 Å². The highest BCUT2D eigenvalue weighted by atomic mass is 16.5. The number of benzene rings is 1. The van der Waals surface area contributed by atoms with Crippen LogP contribution in [0.1, 0.15) is 41.2 Å². The summed E-state index contributed by atoms with van der Waals surface area (Å²) < 4.78 is 18.7. The van der Waals surface area contributed by atoms with Crippen molar-refractivity contribution in [1.82, 2.24) is 19.7 Å². The summed E-state index contributed by atoms with van der Waals surface area (Å²) in [7, 11) is 5.26. The summed E-state index contributed by atoms with van der Waals surface area (Å²) in [4.78, 5) is 7.33. The maximum Gasteiger partial charge on any atom is 0.226 e. The van der Waals surface area contributed by atoms with Gasteiger partial charge >= 0.3 is 0 Å². The van der Waals surface area contributed by atoms with Gasteiger partial charge in [0.15, 0.2) is 11.5 Å². The maximum atomic E-state index is 6.03. The molecule has 1 aliphatic carbocycles. The van der Waals surface area contributed by atoms with Gasteiger partial charge in [0.25, 0.3) is 0 Å². The van der Waals surface area contributed by atoms with E-state index in [1.165, 1.54) is 24.1 Å². The van der Waals surface area contributed by atoms with Crippen LogP contribution >= 0.6 is 0 Å². The Labute approximate surface area is 177 Å². The molecule has 0 N–H and O–H groups in total. The van der Waals surface area contributed by atoms with Crippen LogP contribution in [0.25, 0.3) is 11.5 Å². The van der Waals surface area contributed by atoms with E-state index in [0.29, 0.717) is 23.4 Å². The SMILES string of the molecule is COc1ccc(-c2nc(CN(Cc3c(C)nn(C)c3C)C3CC3)c(C)o2)cc1OC. The number of nitrogens with zero attached hydrogens (tertiary/aromatic N) is 4. The van der Waals surface area contributed by atoms with Crippen molar-refractivity contribution in [2.45, 2.75) is 52.7 Å². The molecule has 7 heteroatoms. The molecule has 1 saturated carbocycles. The van der Waals surface area contributed by atoms with Crippen LogP contribution in [0, 0.1) is 20.8 Å². The lowest BCUT2D eigenvalue weighted by Gasteiger charge is -2.21. The Morgan fingerprint density at radius 1 is 1.10 bits per heavy atom. The monoisotopic (exact) mass is 410 g/mol. The maximum absolute atomic E-state index is 6.03. The second kappa shape index (κ2) is 8.14. The molecule has 0 amide bonds. The summed E-state index contributed by atoms with van der Waals surface area (Å²) in [6.45, 7) is 7.86. The lowest BCUT2D eigenvalue weighted by molar-refractivity contribution is 0.241. The Kier molecular flexibility index (Phi) is 5.56. The molecule has 1 fully saturated rings. The van der Waals surface area contributed by atoms with Gasteiger partial charge in [-0.05, 0) is 51.8 Å². The van der Waals surface area contributed by atoms with Crippen molar-refractivity contribution in [3.05, 3.63) is 46.6 Å². The molecule has 2 heterocycles. The molecule has 0 spiro atoms. The van der Waals surface area contributed by atoms with Crippen molar-refractivity contribution < 1.29 is 13.9 Å². The fraction of sp³-hybridized carbons (Fsp3) is 0.478. The zero-order chi connectivity index (χ0) is 21.4. The molecule has 0 saturated heterocycles. The Morgan fingerprint density at radius 3 is 2.43 bits per heavy atom. The van der Waals surface area contributed by atoms with E-state index in [4.69, 9.17) is 18.9 Å². The van der Waals surface area contributed by atoms with Gasteiger partial charge in [0, 0.05) is 43.0 Å². The molecular weight excluding hydrogens is 380 g/mol. The number of methoxy groups -OCH3 is 2. The van der Waals surface area contributed by atoms with E-state index in [-0.39, 0.29) is 0 Å². The minimum Gasteiger partial charge on any atom is -0.493 e. The predicted molar refractivity (Wildman–Crippen MR) is 115 cm³/mol. The molecule has 0 unspecified atom stereocenters. The number of aryl methyl sites for hydroxylation is 3. The number of hydrogen-bond acceptors (Lipinski definition) is 6. The average Bonchev–Trinajstić information content (AvgIpc) is 3.48. The average molecular weight is 411 g/mol. The number of ether oxygens (including phenoxy) is 2. The third-order valence-electron chi connectivity index (χ3n) is 5.96. The molecule has 1 aromatic carbocycles. The van der Waals surface area contributed by atoms with Crippen LogP contribution < -0.4 is 9.47 Å². The highest BCUT2D eigenvalue weighted by molar-refractivity contribution is 5.60. The summed E-state index contributed by atoms with van der Waals surface area (Å²) in [6, 6.07) is 6.31. The molecule has 3 aromatic rings. The van der Waals surface area contributed by atoms with E-state index in [1.54, 1.807) is 14.2 Å². The van der Waals surface area contributed by atoms with E-state index < -0.39 is 0 Å². The van der Waals surface area contributed by atoms with E-state index in [2.05, 4.69) is 23.8 Å². The summed E-state index contributed by atoms with van der Waals surface area (Å²) in [5.41, 5.74) is 5.49. The first-order valence-corrected chi connectivity index (χ1v) is 10.3. The number of aromatic nitrogens is 3. The number of oxazole rings is 1. The third-order valence-corrected chi connectivity index (χ3v) is 5.96. The molecule has 0 radical (unpaired) electrons. The molecule has 1 aliphatic rings. The second-order valence-electron chi connectivity index (χ2n) is 8.00. The first-order chi connectivity index (χ1) is 14.4. The fourth-order valence-electron chi connectivity index (χ4n) is 3.86. The van der Waals surface area contributed by atoms with Gasteiger partial charge in [0.1, 0.15) is 5.76 Å². The zero-order valence-electron chi connectivity index (χ0n) is 18.7. The van der Waals surface area contributed by atoms with Gasteiger partial charge in [-0.2, -0.15) is 5.10 Å². The van der Waals surface area contributed by atoms with E-state index in [0.717, 1.165) is 35.8 Å². The Hall–Kier alpha value is -2.80. The molecule has 4 rings (SSSR count). The van der Waals surface area contributed by atoms with E-state index in [1.807, 2.05) is 36.9 Å². The van der Waals surface area contributed by atoms with Gasteiger partial charge < -0.3 is 13.9 Å². The minimum atomic E-state index is 0.602. The first-order valence-electron chi connectivity index (χ1n) is 10.3. The topological polar surface area (TPSA) is 65.5 Å². The van der Waals surface area contributed by atoms with Crippen LogP contribution in [-0.2, 0) is 20.1 Å². The quantitative estimate of drug-likeness (QED) is 0.555. The van der Waals surface area contributed by atoms with Crippen molar-refractivity contribution in [2.24, 2.45) is 7.05 Å². The third kappa shape index (κ3) is 3.94. The van der Waals surface area contributed by atoms with Crippen molar-refractivity contribution in [1.29, 1.82) is 0 Å². The number of hydrogen-bond donors (Lipinski definition) is 0. The lowest BCUT2D eigenvalue weighted by atomic mass is 10.1. The van der Waals surface area contributed by atoms with Crippen LogP contribution in [0.5, 0.6) is 11.5 Å². The lowest BCUT2D eigenvalue weighted by Crippen LogP contribution is -2.26. The van der Waals surface area contributed by atoms with Gasteiger partial charge in [-0.1, -0.05) is 0 Å². The molecule has 0 atom stereocenters.